The maximum atomic E-state index is 4.62. The Hall–Kier alpha value is -1.69. The van der Waals surface area contributed by atoms with Crippen LogP contribution in [0.5, 0.6) is 0 Å². The van der Waals surface area contributed by atoms with E-state index in [0.717, 1.165) is 46.7 Å². The number of nitrogens with zero attached hydrogens (tertiary/aromatic N) is 3. The zero-order valence-electron chi connectivity index (χ0n) is 13.3. The van der Waals surface area contributed by atoms with Crippen LogP contribution in [0.4, 0.5) is 11.6 Å². The minimum absolute atomic E-state index is 0.136. The van der Waals surface area contributed by atoms with E-state index in [9.17, 15) is 0 Å². The Labute approximate surface area is 130 Å². The highest BCUT2D eigenvalue weighted by Crippen LogP contribution is 2.26. The van der Waals surface area contributed by atoms with Crippen LogP contribution in [0, 0.1) is 13.8 Å². The maximum Gasteiger partial charge on any atom is 0.135 e. The first kappa shape index (κ1) is 15.7. The largest absolute Gasteiger partial charge is 0.370 e. The molecule has 2 aromatic rings. The van der Waals surface area contributed by atoms with Gasteiger partial charge in [-0.25, -0.2) is 15.0 Å². The highest BCUT2D eigenvalue weighted by Gasteiger charge is 2.14. The molecule has 0 fully saturated rings. The third-order valence-electron chi connectivity index (χ3n) is 3.21. The molecule has 1 atom stereocenters. The van der Waals surface area contributed by atoms with Crippen molar-refractivity contribution in [3.05, 3.63) is 27.5 Å². The number of hydrogen-bond donors (Lipinski definition) is 2. The van der Waals surface area contributed by atoms with Crippen LogP contribution in [0.1, 0.15) is 48.9 Å². The van der Waals surface area contributed by atoms with Gasteiger partial charge >= 0.3 is 0 Å². The molecule has 0 amide bonds. The Morgan fingerprint density at radius 3 is 2.43 bits per heavy atom. The molecule has 0 aliphatic heterocycles. The first-order valence-electron chi connectivity index (χ1n) is 7.35. The molecule has 0 saturated heterocycles. The van der Waals surface area contributed by atoms with Crippen LogP contribution < -0.4 is 10.6 Å². The normalized spacial score (nSPS) is 12.2. The number of nitrogens with one attached hydrogen (secondary N) is 2. The van der Waals surface area contributed by atoms with Crippen LogP contribution in [0.3, 0.4) is 0 Å². The van der Waals surface area contributed by atoms with Crippen molar-refractivity contribution in [1.82, 2.24) is 15.0 Å². The number of thiazole rings is 1. The van der Waals surface area contributed by atoms with E-state index in [2.05, 4.69) is 51.7 Å². The molecular weight excluding hydrogens is 282 g/mol. The number of rotatable bonds is 6. The monoisotopic (exact) mass is 305 g/mol. The van der Waals surface area contributed by atoms with Gasteiger partial charge in [-0.2, -0.15) is 0 Å². The van der Waals surface area contributed by atoms with Gasteiger partial charge in [0.15, 0.2) is 0 Å². The molecule has 2 aromatic heterocycles. The van der Waals surface area contributed by atoms with Gasteiger partial charge in [0.1, 0.15) is 22.5 Å². The molecule has 6 heteroatoms. The summed E-state index contributed by atoms with van der Waals surface area (Å²) >= 11 is 1.67. The van der Waals surface area contributed by atoms with Crippen molar-refractivity contribution in [3.8, 4) is 0 Å². The lowest BCUT2D eigenvalue weighted by Gasteiger charge is -2.17. The molecule has 0 aliphatic carbocycles. The molecule has 2 heterocycles. The van der Waals surface area contributed by atoms with Gasteiger partial charge in [0, 0.05) is 29.6 Å². The molecule has 0 spiro atoms. The molecule has 0 aromatic carbocycles. The van der Waals surface area contributed by atoms with E-state index < -0.39 is 0 Å². The lowest BCUT2D eigenvalue weighted by Crippen LogP contribution is -2.13. The predicted molar refractivity (Wildman–Crippen MR) is 89.2 cm³/mol. The second kappa shape index (κ2) is 6.85. The zero-order valence-corrected chi connectivity index (χ0v) is 14.1. The SMILES string of the molecule is CCNc1nc(CC)nc(NC(C)c2nc(C)cs2)c1C. The summed E-state index contributed by atoms with van der Waals surface area (Å²) < 4.78 is 0. The van der Waals surface area contributed by atoms with Crippen LogP contribution in [-0.4, -0.2) is 21.5 Å². The fraction of sp³-hybridized carbons (Fsp3) is 0.533. The van der Waals surface area contributed by atoms with Crippen LogP contribution >= 0.6 is 11.3 Å². The van der Waals surface area contributed by atoms with Gasteiger partial charge in [0.2, 0.25) is 0 Å². The van der Waals surface area contributed by atoms with Gasteiger partial charge < -0.3 is 10.6 Å². The van der Waals surface area contributed by atoms with Gasteiger partial charge in [-0.1, -0.05) is 6.92 Å². The van der Waals surface area contributed by atoms with Crippen molar-refractivity contribution >= 4 is 23.0 Å². The third kappa shape index (κ3) is 3.69. The minimum Gasteiger partial charge on any atom is -0.370 e. The fourth-order valence-corrected chi connectivity index (χ4v) is 2.84. The van der Waals surface area contributed by atoms with E-state index in [0.29, 0.717) is 0 Å². The number of aromatic nitrogens is 3. The summed E-state index contributed by atoms with van der Waals surface area (Å²) in [4.78, 5) is 13.7. The van der Waals surface area contributed by atoms with Crippen molar-refractivity contribution in [2.45, 2.75) is 47.1 Å². The topological polar surface area (TPSA) is 62.7 Å². The van der Waals surface area contributed by atoms with E-state index in [1.807, 2.05) is 13.8 Å². The van der Waals surface area contributed by atoms with E-state index in [-0.39, 0.29) is 6.04 Å². The summed E-state index contributed by atoms with van der Waals surface area (Å²) in [6.45, 7) is 11.2. The standard InChI is InChI=1S/C15H23N5S/c1-6-12-19-13(16-7-2)10(4)14(20-12)18-11(5)15-17-9(3)8-21-15/h8,11H,6-7H2,1-5H3,(H2,16,18,19,20). The summed E-state index contributed by atoms with van der Waals surface area (Å²) in [5.74, 6) is 2.65. The molecular formula is C15H23N5S. The molecule has 5 nitrogen and oxygen atoms in total. The van der Waals surface area contributed by atoms with Crippen molar-refractivity contribution < 1.29 is 0 Å². The van der Waals surface area contributed by atoms with Crippen LogP contribution in [0.25, 0.3) is 0 Å². The van der Waals surface area contributed by atoms with Crippen LogP contribution in [0.2, 0.25) is 0 Å². The van der Waals surface area contributed by atoms with Gasteiger partial charge in [-0.3, -0.25) is 0 Å². The average molecular weight is 305 g/mol. The van der Waals surface area contributed by atoms with Crippen molar-refractivity contribution in [3.63, 3.8) is 0 Å². The number of anilines is 2. The number of aryl methyl sites for hydroxylation is 2. The lowest BCUT2D eigenvalue weighted by molar-refractivity contribution is 0.837. The fourth-order valence-electron chi connectivity index (χ4n) is 2.04. The summed E-state index contributed by atoms with van der Waals surface area (Å²) in [6, 6.07) is 0.136. The van der Waals surface area contributed by atoms with E-state index >= 15 is 0 Å². The molecule has 0 radical (unpaired) electrons. The minimum atomic E-state index is 0.136. The Morgan fingerprint density at radius 2 is 1.86 bits per heavy atom. The summed E-state index contributed by atoms with van der Waals surface area (Å²) in [5.41, 5.74) is 2.11. The summed E-state index contributed by atoms with van der Waals surface area (Å²) in [5, 5.41) is 9.92. The van der Waals surface area contributed by atoms with E-state index in [1.165, 1.54) is 0 Å². The quantitative estimate of drug-likeness (QED) is 0.851. The van der Waals surface area contributed by atoms with Crippen molar-refractivity contribution in [1.29, 1.82) is 0 Å². The molecule has 114 valence electrons. The second-order valence-corrected chi connectivity index (χ2v) is 5.93. The van der Waals surface area contributed by atoms with Gasteiger partial charge in [0.25, 0.3) is 0 Å². The van der Waals surface area contributed by atoms with Crippen molar-refractivity contribution in [2.75, 3.05) is 17.2 Å². The number of hydrogen-bond acceptors (Lipinski definition) is 6. The first-order chi connectivity index (χ1) is 10.0. The lowest BCUT2D eigenvalue weighted by atomic mass is 10.2. The zero-order chi connectivity index (χ0) is 15.4. The van der Waals surface area contributed by atoms with Crippen molar-refractivity contribution in [2.24, 2.45) is 0 Å². The first-order valence-corrected chi connectivity index (χ1v) is 8.23. The predicted octanol–water partition coefficient (Wildman–Crippen LogP) is 3.72. The Morgan fingerprint density at radius 1 is 1.14 bits per heavy atom. The molecule has 0 aliphatic rings. The van der Waals surface area contributed by atoms with Crippen LogP contribution in [0.15, 0.2) is 5.38 Å². The second-order valence-electron chi connectivity index (χ2n) is 5.04. The Balaban J connectivity index is 2.27. The maximum absolute atomic E-state index is 4.62. The van der Waals surface area contributed by atoms with Gasteiger partial charge in [-0.15, -0.1) is 11.3 Å². The molecule has 0 bridgehead atoms. The highest BCUT2D eigenvalue weighted by atomic mass is 32.1. The molecule has 21 heavy (non-hydrogen) atoms. The molecule has 2 rings (SSSR count). The van der Waals surface area contributed by atoms with E-state index in [4.69, 9.17) is 0 Å². The molecule has 0 saturated carbocycles. The van der Waals surface area contributed by atoms with E-state index in [1.54, 1.807) is 11.3 Å². The Bertz CT molecular complexity index is 608. The van der Waals surface area contributed by atoms with Gasteiger partial charge in [0.05, 0.1) is 6.04 Å². The summed E-state index contributed by atoms with van der Waals surface area (Å²) in [7, 11) is 0. The molecule has 1 unspecified atom stereocenters. The van der Waals surface area contributed by atoms with Gasteiger partial charge in [-0.05, 0) is 27.7 Å². The smallest absolute Gasteiger partial charge is 0.135 e. The van der Waals surface area contributed by atoms with Crippen LogP contribution in [-0.2, 0) is 6.42 Å². The average Bonchev–Trinajstić information content (AvgIpc) is 2.90. The molecule has 2 N–H and O–H groups in total. The third-order valence-corrected chi connectivity index (χ3v) is 4.36. The highest BCUT2D eigenvalue weighted by molar-refractivity contribution is 7.09. The summed E-state index contributed by atoms with van der Waals surface area (Å²) in [6.07, 6.45) is 0.818. The Kier molecular flexibility index (Phi) is 5.12.